The van der Waals surface area contributed by atoms with Crippen molar-refractivity contribution in [3.8, 4) is 22.9 Å². The molecule has 0 saturated heterocycles. The van der Waals surface area contributed by atoms with Crippen molar-refractivity contribution < 1.29 is 14.2 Å². The number of rotatable bonds is 5. The standard InChI is InChI=1S/C12H16N4O3/c1-17-10-4-8(5-11(18-2)12(10)19-3)16-9(6-13)7-14-15-16/h4-5,7H,6,13H2,1-3H3. The maximum Gasteiger partial charge on any atom is 0.203 e. The Balaban J connectivity index is 2.59. The molecule has 0 atom stereocenters. The number of nitrogens with zero attached hydrogens (tertiary/aromatic N) is 3. The van der Waals surface area contributed by atoms with Crippen LogP contribution < -0.4 is 19.9 Å². The number of nitrogens with two attached hydrogens (primary N) is 1. The van der Waals surface area contributed by atoms with Gasteiger partial charge in [-0.1, -0.05) is 5.21 Å². The second-order valence-corrected chi connectivity index (χ2v) is 3.72. The minimum atomic E-state index is 0.337. The summed E-state index contributed by atoms with van der Waals surface area (Å²) in [6.45, 7) is 0.337. The van der Waals surface area contributed by atoms with Crippen LogP contribution in [0, 0.1) is 0 Å². The van der Waals surface area contributed by atoms with Crippen LogP contribution in [0.4, 0.5) is 0 Å². The summed E-state index contributed by atoms with van der Waals surface area (Å²) in [7, 11) is 4.68. The van der Waals surface area contributed by atoms with Crippen LogP contribution in [-0.4, -0.2) is 36.3 Å². The van der Waals surface area contributed by atoms with E-state index < -0.39 is 0 Å². The van der Waals surface area contributed by atoms with Crippen LogP contribution >= 0.6 is 0 Å². The Hall–Kier alpha value is -2.28. The molecule has 7 nitrogen and oxygen atoms in total. The lowest BCUT2D eigenvalue weighted by Crippen LogP contribution is -2.07. The van der Waals surface area contributed by atoms with Crippen molar-refractivity contribution in [3.05, 3.63) is 24.0 Å². The molecule has 1 aromatic heterocycles. The lowest BCUT2D eigenvalue weighted by atomic mass is 10.2. The van der Waals surface area contributed by atoms with E-state index in [9.17, 15) is 0 Å². The summed E-state index contributed by atoms with van der Waals surface area (Å²) in [5.74, 6) is 1.63. The number of hydrogen-bond acceptors (Lipinski definition) is 6. The van der Waals surface area contributed by atoms with Gasteiger partial charge in [-0.05, 0) is 0 Å². The second kappa shape index (κ2) is 5.57. The molecule has 0 bridgehead atoms. The summed E-state index contributed by atoms with van der Waals surface area (Å²) in [4.78, 5) is 0. The first-order valence-corrected chi connectivity index (χ1v) is 5.65. The minimum absolute atomic E-state index is 0.337. The van der Waals surface area contributed by atoms with Crippen molar-refractivity contribution >= 4 is 0 Å². The Bertz CT molecular complexity index is 543. The molecule has 0 aliphatic rings. The van der Waals surface area contributed by atoms with Crippen molar-refractivity contribution in [1.82, 2.24) is 15.0 Å². The first kappa shape index (κ1) is 13.2. The third-order valence-corrected chi connectivity index (χ3v) is 2.72. The van der Waals surface area contributed by atoms with E-state index in [-0.39, 0.29) is 0 Å². The van der Waals surface area contributed by atoms with Crippen LogP contribution in [0.3, 0.4) is 0 Å². The molecule has 2 N–H and O–H groups in total. The largest absolute Gasteiger partial charge is 0.493 e. The molecular weight excluding hydrogens is 248 g/mol. The highest BCUT2D eigenvalue weighted by Gasteiger charge is 2.15. The summed E-state index contributed by atoms with van der Waals surface area (Å²) in [6, 6.07) is 3.57. The van der Waals surface area contributed by atoms with Gasteiger partial charge in [-0.15, -0.1) is 5.10 Å². The first-order valence-electron chi connectivity index (χ1n) is 5.65. The van der Waals surface area contributed by atoms with E-state index in [0.29, 0.717) is 23.8 Å². The van der Waals surface area contributed by atoms with Crippen molar-refractivity contribution in [3.63, 3.8) is 0 Å². The van der Waals surface area contributed by atoms with Gasteiger partial charge in [0.1, 0.15) is 0 Å². The lowest BCUT2D eigenvalue weighted by molar-refractivity contribution is 0.324. The van der Waals surface area contributed by atoms with Crippen molar-refractivity contribution in [1.29, 1.82) is 0 Å². The zero-order valence-corrected chi connectivity index (χ0v) is 11.1. The molecule has 0 fully saturated rings. The van der Waals surface area contributed by atoms with E-state index in [1.54, 1.807) is 44.3 Å². The van der Waals surface area contributed by atoms with Gasteiger partial charge < -0.3 is 19.9 Å². The van der Waals surface area contributed by atoms with Crippen molar-refractivity contribution in [2.75, 3.05) is 21.3 Å². The average molecular weight is 264 g/mol. The van der Waals surface area contributed by atoms with Gasteiger partial charge in [-0.25, -0.2) is 4.68 Å². The van der Waals surface area contributed by atoms with Crippen molar-refractivity contribution in [2.45, 2.75) is 6.54 Å². The van der Waals surface area contributed by atoms with Gasteiger partial charge in [-0.2, -0.15) is 0 Å². The predicted molar refractivity (Wildman–Crippen MR) is 68.9 cm³/mol. The molecule has 0 spiro atoms. The molecule has 0 saturated carbocycles. The maximum atomic E-state index is 5.64. The van der Waals surface area contributed by atoms with Crippen LogP contribution in [0.2, 0.25) is 0 Å². The average Bonchev–Trinajstić information content (AvgIpc) is 2.93. The van der Waals surface area contributed by atoms with Crippen LogP contribution in [0.1, 0.15) is 5.69 Å². The molecule has 7 heteroatoms. The number of aromatic nitrogens is 3. The highest BCUT2D eigenvalue weighted by atomic mass is 16.5. The Morgan fingerprint density at radius 1 is 1.11 bits per heavy atom. The van der Waals surface area contributed by atoms with Gasteiger partial charge in [-0.3, -0.25) is 0 Å². The monoisotopic (exact) mass is 264 g/mol. The minimum Gasteiger partial charge on any atom is -0.493 e. The van der Waals surface area contributed by atoms with E-state index in [2.05, 4.69) is 10.3 Å². The number of benzene rings is 1. The van der Waals surface area contributed by atoms with E-state index in [1.807, 2.05) is 0 Å². The van der Waals surface area contributed by atoms with Gasteiger partial charge in [0.05, 0.1) is 38.9 Å². The third-order valence-electron chi connectivity index (χ3n) is 2.72. The lowest BCUT2D eigenvalue weighted by Gasteiger charge is -2.14. The predicted octanol–water partition coefficient (Wildman–Crippen LogP) is 0.752. The number of ether oxygens (including phenoxy) is 3. The Morgan fingerprint density at radius 3 is 2.21 bits per heavy atom. The third kappa shape index (κ3) is 2.32. The fourth-order valence-corrected chi connectivity index (χ4v) is 1.80. The quantitative estimate of drug-likeness (QED) is 0.858. The molecular formula is C12H16N4O3. The Kier molecular flexibility index (Phi) is 3.86. The van der Waals surface area contributed by atoms with Crippen LogP contribution in [-0.2, 0) is 6.54 Å². The molecule has 0 aliphatic heterocycles. The normalized spacial score (nSPS) is 10.3. The smallest absolute Gasteiger partial charge is 0.203 e. The highest BCUT2D eigenvalue weighted by molar-refractivity contribution is 5.58. The molecule has 2 rings (SSSR count). The number of methoxy groups -OCH3 is 3. The highest BCUT2D eigenvalue weighted by Crippen LogP contribution is 2.39. The van der Waals surface area contributed by atoms with Crippen LogP contribution in [0.5, 0.6) is 17.2 Å². The van der Waals surface area contributed by atoms with Crippen LogP contribution in [0.25, 0.3) is 5.69 Å². The topological polar surface area (TPSA) is 84.4 Å². The van der Waals surface area contributed by atoms with Gasteiger partial charge >= 0.3 is 0 Å². The Morgan fingerprint density at radius 2 is 1.74 bits per heavy atom. The molecule has 0 aliphatic carbocycles. The van der Waals surface area contributed by atoms with Crippen LogP contribution in [0.15, 0.2) is 18.3 Å². The van der Waals surface area contributed by atoms with Gasteiger partial charge in [0.15, 0.2) is 11.5 Å². The van der Waals surface area contributed by atoms with E-state index >= 15 is 0 Å². The van der Waals surface area contributed by atoms with Crippen molar-refractivity contribution in [2.24, 2.45) is 5.73 Å². The van der Waals surface area contributed by atoms with E-state index in [1.165, 1.54) is 0 Å². The molecule has 0 radical (unpaired) electrons. The van der Waals surface area contributed by atoms with Gasteiger partial charge in [0.25, 0.3) is 0 Å². The van der Waals surface area contributed by atoms with E-state index in [0.717, 1.165) is 11.4 Å². The zero-order valence-electron chi connectivity index (χ0n) is 11.1. The molecule has 102 valence electrons. The molecule has 0 amide bonds. The Labute approximate surface area is 110 Å². The molecule has 19 heavy (non-hydrogen) atoms. The summed E-state index contributed by atoms with van der Waals surface area (Å²) in [6.07, 6.45) is 1.61. The first-order chi connectivity index (χ1) is 9.24. The second-order valence-electron chi connectivity index (χ2n) is 3.72. The maximum absolute atomic E-state index is 5.64. The van der Waals surface area contributed by atoms with E-state index in [4.69, 9.17) is 19.9 Å². The SMILES string of the molecule is COc1cc(-n2nncc2CN)cc(OC)c1OC. The number of hydrogen-bond donors (Lipinski definition) is 1. The summed E-state index contributed by atoms with van der Waals surface area (Å²) < 4.78 is 17.5. The summed E-state index contributed by atoms with van der Waals surface area (Å²) in [5.41, 5.74) is 7.17. The molecule has 2 aromatic rings. The molecule has 1 heterocycles. The molecule has 1 aromatic carbocycles. The fourth-order valence-electron chi connectivity index (χ4n) is 1.80. The molecule has 0 unspecified atom stereocenters. The van der Waals surface area contributed by atoms with Gasteiger partial charge in [0, 0.05) is 18.7 Å². The zero-order chi connectivity index (χ0) is 13.8. The summed E-state index contributed by atoms with van der Waals surface area (Å²) >= 11 is 0. The fraction of sp³-hybridized carbons (Fsp3) is 0.333. The summed E-state index contributed by atoms with van der Waals surface area (Å²) in [5, 5.41) is 7.84. The van der Waals surface area contributed by atoms with Gasteiger partial charge in [0.2, 0.25) is 5.75 Å².